The summed E-state index contributed by atoms with van der Waals surface area (Å²) < 4.78 is 7.32. The molecule has 0 bridgehead atoms. The van der Waals surface area contributed by atoms with Crippen LogP contribution in [0.15, 0.2) is 0 Å². The Labute approximate surface area is 66.8 Å². The Bertz CT molecular complexity index is 79.6. The van der Waals surface area contributed by atoms with Crippen LogP contribution in [-0.4, -0.2) is 24.5 Å². The standard InChI is InChI=1S/C9H21N/c1-4-7-8-9-10(5-2)6-3/h4-9H2,1-3H3/i4D. The van der Waals surface area contributed by atoms with Crippen molar-refractivity contribution < 1.29 is 1.37 Å². The summed E-state index contributed by atoms with van der Waals surface area (Å²) >= 11 is 0. The first kappa shape index (κ1) is 8.06. The van der Waals surface area contributed by atoms with Crippen LogP contribution in [-0.2, 0) is 0 Å². The van der Waals surface area contributed by atoms with E-state index in [9.17, 15) is 0 Å². The van der Waals surface area contributed by atoms with Crippen molar-refractivity contribution in [3.05, 3.63) is 0 Å². The van der Waals surface area contributed by atoms with E-state index in [1.165, 1.54) is 6.42 Å². The fraction of sp³-hybridized carbons (Fsp3) is 1.00. The second-order valence-corrected chi connectivity index (χ2v) is 2.58. The Morgan fingerprint density at radius 3 is 2.10 bits per heavy atom. The van der Waals surface area contributed by atoms with Crippen molar-refractivity contribution in [2.75, 3.05) is 19.6 Å². The quantitative estimate of drug-likeness (QED) is 0.553. The lowest BCUT2D eigenvalue weighted by Crippen LogP contribution is -2.23. The fourth-order valence-electron chi connectivity index (χ4n) is 1.06. The first-order valence-corrected chi connectivity index (χ1v) is 4.35. The summed E-state index contributed by atoms with van der Waals surface area (Å²) in [6, 6.07) is 0. The van der Waals surface area contributed by atoms with Crippen LogP contribution in [0.3, 0.4) is 0 Å². The molecule has 0 radical (unpaired) electrons. The van der Waals surface area contributed by atoms with Gasteiger partial charge in [0.2, 0.25) is 0 Å². The summed E-state index contributed by atoms with van der Waals surface area (Å²) in [7, 11) is 0. The van der Waals surface area contributed by atoms with Crippen molar-refractivity contribution in [3.8, 4) is 0 Å². The zero-order valence-corrected chi connectivity index (χ0v) is 7.56. The predicted molar refractivity (Wildman–Crippen MR) is 47.3 cm³/mol. The van der Waals surface area contributed by atoms with Gasteiger partial charge in [-0.15, -0.1) is 0 Å². The topological polar surface area (TPSA) is 3.24 Å². The van der Waals surface area contributed by atoms with Crippen molar-refractivity contribution in [1.29, 1.82) is 0 Å². The molecule has 0 N–H and O–H groups in total. The highest BCUT2D eigenvalue weighted by atomic mass is 15.1. The van der Waals surface area contributed by atoms with Crippen LogP contribution in [0.5, 0.6) is 0 Å². The zero-order chi connectivity index (χ0) is 8.69. The molecule has 0 aromatic rings. The molecule has 0 spiro atoms. The van der Waals surface area contributed by atoms with E-state index >= 15 is 0 Å². The van der Waals surface area contributed by atoms with E-state index in [0.29, 0.717) is 0 Å². The predicted octanol–water partition coefficient (Wildman–Crippen LogP) is 2.52. The van der Waals surface area contributed by atoms with Crippen molar-refractivity contribution in [1.82, 2.24) is 4.90 Å². The van der Waals surface area contributed by atoms with Crippen molar-refractivity contribution in [2.24, 2.45) is 0 Å². The van der Waals surface area contributed by atoms with Gasteiger partial charge in [-0.2, -0.15) is 0 Å². The molecular weight excluding hydrogens is 122 g/mol. The highest BCUT2D eigenvalue weighted by Gasteiger charge is 1.95. The van der Waals surface area contributed by atoms with Crippen LogP contribution in [0.2, 0.25) is 0 Å². The number of rotatable bonds is 6. The van der Waals surface area contributed by atoms with Gasteiger partial charge in [-0.3, -0.25) is 0 Å². The van der Waals surface area contributed by atoms with Gasteiger partial charge in [0.05, 0.1) is 0 Å². The maximum Gasteiger partial charge on any atom is 0.0264 e. The Hall–Kier alpha value is -0.0400. The molecular formula is C9H21N. The summed E-state index contributed by atoms with van der Waals surface area (Å²) in [5.74, 6) is 0. The van der Waals surface area contributed by atoms with Crippen LogP contribution >= 0.6 is 0 Å². The van der Waals surface area contributed by atoms with E-state index in [0.717, 1.165) is 26.1 Å². The lowest BCUT2D eigenvalue weighted by Gasteiger charge is -2.16. The molecule has 1 nitrogen and oxygen atoms in total. The smallest absolute Gasteiger partial charge is 0.0264 e. The van der Waals surface area contributed by atoms with Gasteiger partial charge in [-0.05, 0) is 26.1 Å². The molecule has 62 valence electrons. The Morgan fingerprint density at radius 2 is 1.70 bits per heavy atom. The normalized spacial score (nSPS) is 15.4. The Balaban J connectivity index is 3.21. The molecule has 0 aromatic carbocycles. The summed E-state index contributed by atoms with van der Waals surface area (Å²) in [5.41, 5.74) is 0. The van der Waals surface area contributed by atoms with E-state index in [1.54, 1.807) is 0 Å². The van der Waals surface area contributed by atoms with Crippen molar-refractivity contribution in [2.45, 2.75) is 40.0 Å². The summed E-state index contributed by atoms with van der Waals surface area (Å²) in [4.78, 5) is 2.41. The fourth-order valence-corrected chi connectivity index (χ4v) is 1.06. The molecule has 0 aromatic heterocycles. The third-order valence-corrected chi connectivity index (χ3v) is 1.86. The molecule has 0 aliphatic carbocycles. The maximum atomic E-state index is 7.32. The van der Waals surface area contributed by atoms with Gasteiger partial charge in [0.25, 0.3) is 0 Å². The van der Waals surface area contributed by atoms with Crippen LogP contribution in [0.25, 0.3) is 0 Å². The number of hydrogen-bond acceptors (Lipinski definition) is 1. The van der Waals surface area contributed by atoms with Gasteiger partial charge in [0.1, 0.15) is 0 Å². The third-order valence-electron chi connectivity index (χ3n) is 1.86. The molecule has 0 heterocycles. The Kier molecular flexibility index (Phi) is 5.70. The molecule has 0 fully saturated rings. The van der Waals surface area contributed by atoms with Gasteiger partial charge in [-0.1, -0.05) is 33.6 Å². The summed E-state index contributed by atoms with van der Waals surface area (Å²) in [6.07, 6.45) is 2.33. The highest BCUT2D eigenvalue weighted by Crippen LogP contribution is 1.96. The first-order valence-electron chi connectivity index (χ1n) is 4.93. The van der Waals surface area contributed by atoms with E-state index < -0.39 is 0 Å². The van der Waals surface area contributed by atoms with Crippen molar-refractivity contribution in [3.63, 3.8) is 0 Å². The van der Waals surface area contributed by atoms with E-state index in [-0.39, 0.29) is 6.40 Å². The molecule has 0 saturated carbocycles. The van der Waals surface area contributed by atoms with Crippen molar-refractivity contribution >= 4 is 0 Å². The molecule has 0 saturated heterocycles. The monoisotopic (exact) mass is 144 g/mol. The van der Waals surface area contributed by atoms with Gasteiger partial charge in [0, 0.05) is 1.37 Å². The third kappa shape index (κ3) is 4.80. The van der Waals surface area contributed by atoms with Gasteiger partial charge in [0.15, 0.2) is 0 Å². The lowest BCUT2D eigenvalue weighted by atomic mass is 10.2. The van der Waals surface area contributed by atoms with Gasteiger partial charge < -0.3 is 4.90 Å². The minimum Gasteiger partial charge on any atom is -0.304 e. The largest absolute Gasteiger partial charge is 0.304 e. The van der Waals surface area contributed by atoms with Crippen LogP contribution in [0.1, 0.15) is 41.4 Å². The van der Waals surface area contributed by atoms with Crippen LogP contribution < -0.4 is 0 Å². The molecule has 1 heteroatoms. The number of nitrogens with zero attached hydrogens (tertiary/aromatic N) is 1. The highest BCUT2D eigenvalue weighted by molar-refractivity contribution is 4.51. The van der Waals surface area contributed by atoms with E-state index in [2.05, 4.69) is 18.7 Å². The Morgan fingerprint density at radius 1 is 1.10 bits per heavy atom. The molecule has 10 heavy (non-hydrogen) atoms. The molecule has 1 atom stereocenters. The van der Waals surface area contributed by atoms with E-state index in [4.69, 9.17) is 1.37 Å². The first-order chi connectivity index (χ1) is 5.20. The lowest BCUT2D eigenvalue weighted by molar-refractivity contribution is 0.296. The van der Waals surface area contributed by atoms with Gasteiger partial charge in [-0.25, -0.2) is 0 Å². The second-order valence-electron chi connectivity index (χ2n) is 2.58. The maximum absolute atomic E-state index is 7.32. The van der Waals surface area contributed by atoms with Crippen LogP contribution in [0.4, 0.5) is 0 Å². The summed E-state index contributed by atoms with van der Waals surface area (Å²) in [6.45, 7) is 9.78. The minimum atomic E-state index is 0.116. The van der Waals surface area contributed by atoms with E-state index in [1.807, 2.05) is 6.92 Å². The second kappa shape index (κ2) is 7.07. The molecule has 0 aliphatic rings. The SMILES string of the molecule is [2H]C(C)CCCN(CC)CC. The minimum absolute atomic E-state index is 0.116. The molecule has 0 aliphatic heterocycles. The molecule has 0 rings (SSSR count). The zero-order valence-electron chi connectivity index (χ0n) is 8.56. The molecule has 0 amide bonds. The van der Waals surface area contributed by atoms with Gasteiger partial charge >= 0.3 is 0 Å². The van der Waals surface area contributed by atoms with Crippen LogP contribution in [0, 0.1) is 0 Å². The number of hydrogen-bond donors (Lipinski definition) is 0. The molecule has 1 unspecified atom stereocenters. The average molecular weight is 144 g/mol. The summed E-state index contributed by atoms with van der Waals surface area (Å²) in [5, 5.41) is 0. The average Bonchev–Trinajstić information content (AvgIpc) is 1.98.